The Labute approximate surface area is 66.2 Å². The SMILES string of the molecule is CNC1CC(C)OC(O)[C@@H]1O. The smallest absolute Gasteiger partial charge is 0.182 e. The lowest BCUT2D eigenvalue weighted by atomic mass is 10.0. The van der Waals surface area contributed by atoms with Crippen molar-refractivity contribution >= 4 is 0 Å². The Morgan fingerprint density at radius 2 is 2.09 bits per heavy atom. The zero-order valence-corrected chi connectivity index (χ0v) is 6.82. The van der Waals surface area contributed by atoms with Gasteiger partial charge in [0.1, 0.15) is 6.10 Å². The van der Waals surface area contributed by atoms with Gasteiger partial charge in [-0.1, -0.05) is 0 Å². The van der Waals surface area contributed by atoms with Gasteiger partial charge in [-0.3, -0.25) is 0 Å². The molecule has 1 aliphatic rings. The third-order valence-corrected chi connectivity index (χ3v) is 2.03. The summed E-state index contributed by atoms with van der Waals surface area (Å²) in [7, 11) is 1.76. The predicted octanol–water partition coefficient (Wildman–Crippen LogP) is -0.938. The van der Waals surface area contributed by atoms with Crippen LogP contribution in [0, 0.1) is 0 Å². The molecule has 3 unspecified atom stereocenters. The average Bonchev–Trinajstić information content (AvgIpc) is 1.96. The van der Waals surface area contributed by atoms with Gasteiger partial charge >= 0.3 is 0 Å². The lowest BCUT2D eigenvalue weighted by Gasteiger charge is -2.35. The maximum absolute atomic E-state index is 9.32. The van der Waals surface area contributed by atoms with Crippen molar-refractivity contribution in [2.45, 2.75) is 37.9 Å². The number of aliphatic hydroxyl groups is 2. The number of hydrogen-bond acceptors (Lipinski definition) is 4. The largest absolute Gasteiger partial charge is 0.386 e. The number of rotatable bonds is 1. The lowest BCUT2D eigenvalue weighted by molar-refractivity contribution is -0.219. The third kappa shape index (κ3) is 1.90. The molecule has 0 bridgehead atoms. The highest BCUT2D eigenvalue weighted by Crippen LogP contribution is 2.17. The quantitative estimate of drug-likeness (QED) is 0.464. The van der Waals surface area contributed by atoms with Crippen molar-refractivity contribution in [3.8, 4) is 0 Å². The van der Waals surface area contributed by atoms with Crippen LogP contribution in [-0.4, -0.2) is 41.8 Å². The minimum absolute atomic E-state index is 0.00542. The summed E-state index contributed by atoms with van der Waals surface area (Å²) in [6.07, 6.45) is -1.12. The van der Waals surface area contributed by atoms with Crippen LogP contribution in [0.25, 0.3) is 0 Å². The summed E-state index contributed by atoms with van der Waals surface area (Å²) in [5.41, 5.74) is 0. The molecule has 0 radical (unpaired) electrons. The zero-order valence-electron chi connectivity index (χ0n) is 6.82. The summed E-state index contributed by atoms with van der Waals surface area (Å²) in [5.74, 6) is 0. The summed E-state index contributed by atoms with van der Waals surface area (Å²) in [6.45, 7) is 1.87. The molecule has 11 heavy (non-hydrogen) atoms. The van der Waals surface area contributed by atoms with E-state index in [2.05, 4.69) is 5.32 Å². The van der Waals surface area contributed by atoms with Gasteiger partial charge in [0.15, 0.2) is 6.29 Å². The number of ether oxygens (including phenoxy) is 1. The Hall–Kier alpha value is -0.160. The maximum Gasteiger partial charge on any atom is 0.182 e. The van der Waals surface area contributed by atoms with E-state index in [0.717, 1.165) is 6.42 Å². The molecule has 1 heterocycles. The fourth-order valence-electron chi connectivity index (χ4n) is 1.36. The van der Waals surface area contributed by atoms with E-state index >= 15 is 0 Å². The number of aliphatic hydroxyl groups excluding tert-OH is 2. The normalized spacial score (nSPS) is 45.8. The summed E-state index contributed by atoms with van der Waals surface area (Å²) in [6, 6.07) is -0.0613. The number of nitrogens with one attached hydrogen (secondary N) is 1. The third-order valence-electron chi connectivity index (χ3n) is 2.03. The van der Waals surface area contributed by atoms with Crippen LogP contribution in [0.3, 0.4) is 0 Å². The van der Waals surface area contributed by atoms with E-state index in [0.29, 0.717) is 0 Å². The van der Waals surface area contributed by atoms with Gasteiger partial charge in [-0.05, 0) is 20.4 Å². The van der Waals surface area contributed by atoms with Crippen molar-refractivity contribution in [3.05, 3.63) is 0 Å². The molecular formula is C7H15NO3. The zero-order chi connectivity index (χ0) is 8.43. The minimum Gasteiger partial charge on any atom is -0.386 e. The van der Waals surface area contributed by atoms with Crippen molar-refractivity contribution in [2.75, 3.05) is 7.05 Å². The first kappa shape index (κ1) is 8.93. The van der Waals surface area contributed by atoms with Crippen molar-refractivity contribution in [2.24, 2.45) is 0 Å². The molecule has 4 nitrogen and oxygen atoms in total. The van der Waals surface area contributed by atoms with E-state index in [1.807, 2.05) is 6.92 Å². The molecule has 0 aromatic carbocycles. The van der Waals surface area contributed by atoms with E-state index in [4.69, 9.17) is 9.84 Å². The second-order valence-corrected chi connectivity index (χ2v) is 2.96. The Morgan fingerprint density at radius 1 is 1.45 bits per heavy atom. The van der Waals surface area contributed by atoms with E-state index in [9.17, 15) is 5.11 Å². The molecule has 1 saturated heterocycles. The molecule has 1 rings (SSSR count). The molecule has 1 fully saturated rings. The molecule has 66 valence electrons. The van der Waals surface area contributed by atoms with Crippen LogP contribution in [0.4, 0.5) is 0 Å². The highest BCUT2D eigenvalue weighted by Gasteiger charge is 2.33. The fourth-order valence-corrected chi connectivity index (χ4v) is 1.36. The molecule has 0 amide bonds. The topological polar surface area (TPSA) is 61.7 Å². The molecule has 3 N–H and O–H groups in total. The van der Waals surface area contributed by atoms with Gasteiger partial charge in [-0.25, -0.2) is 0 Å². The van der Waals surface area contributed by atoms with Gasteiger partial charge in [0, 0.05) is 6.04 Å². The van der Waals surface area contributed by atoms with E-state index in [-0.39, 0.29) is 12.1 Å². The van der Waals surface area contributed by atoms with Crippen LogP contribution in [0.2, 0.25) is 0 Å². The summed E-state index contributed by atoms with van der Waals surface area (Å²) in [4.78, 5) is 0. The average molecular weight is 161 g/mol. The first-order chi connectivity index (χ1) is 5.15. The van der Waals surface area contributed by atoms with Gasteiger partial charge in [0.25, 0.3) is 0 Å². The molecular weight excluding hydrogens is 146 g/mol. The first-order valence-corrected chi connectivity index (χ1v) is 3.84. The van der Waals surface area contributed by atoms with Gasteiger partial charge in [-0.2, -0.15) is 0 Å². The Balaban J connectivity index is 2.51. The second-order valence-electron chi connectivity index (χ2n) is 2.96. The molecule has 4 atom stereocenters. The standard InChI is InChI=1S/C7H15NO3/c1-4-3-5(8-2)6(9)7(10)11-4/h4-10H,3H2,1-2H3/t4?,5?,6-,7?/m1/s1. The molecule has 0 aromatic heterocycles. The van der Waals surface area contributed by atoms with Gasteiger partial charge in [0.05, 0.1) is 6.10 Å². The fraction of sp³-hybridized carbons (Fsp3) is 1.00. The highest BCUT2D eigenvalue weighted by atomic mass is 16.6. The van der Waals surface area contributed by atoms with Crippen LogP contribution in [-0.2, 0) is 4.74 Å². The Morgan fingerprint density at radius 3 is 2.64 bits per heavy atom. The minimum atomic E-state index is -1.05. The number of likely N-dealkylation sites (N-methyl/N-ethyl adjacent to an activating group) is 1. The van der Waals surface area contributed by atoms with E-state index in [1.165, 1.54) is 0 Å². The molecule has 1 aliphatic heterocycles. The predicted molar refractivity (Wildman–Crippen MR) is 40.0 cm³/mol. The van der Waals surface area contributed by atoms with Gasteiger partial charge in [0.2, 0.25) is 0 Å². The van der Waals surface area contributed by atoms with Crippen LogP contribution in [0.5, 0.6) is 0 Å². The number of hydrogen-bond donors (Lipinski definition) is 3. The monoisotopic (exact) mass is 161 g/mol. The molecule has 0 aliphatic carbocycles. The summed E-state index contributed by atoms with van der Waals surface area (Å²) < 4.78 is 5.00. The first-order valence-electron chi connectivity index (χ1n) is 3.84. The van der Waals surface area contributed by atoms with E-state index < -0.39 is 12.4 Å². The van der Waals surface area contributed by atoms with Gasteiger partial charge in [-0.15, -0.1) is 0 Å². The summed E-state index contributed by atoms with van der Waals surface area (Å²) >= 11 is 0. The molecule has 0 aromatic rings. The molecule has 4 heteroatoms. The highest BCUT2D eigenvalue weighted by molar-refractivity contribution is 4.83. The van der Waals surface area contributed by atoms with Crippen LogP contribution >= 0.6 is 0 Å². The Bertz CT molecular complexity index is 131. The Kier molecular flexibility index (Phi) is 2.84. The summed E-state index contributed by atoms with van der Waals surface area (Å²) in [5, 5.41) is 21.4. The van der Waals surface area contributed by atoms with Crippen LogP contribution in [0.15, 0.2) is 0 Å². The van der Waals surface area contributed by atoms with Crippen molar-refractivity contribution < 1.29 is 14.9 Å². The van der Waals surface area contributed by atoms with Crippen molar-refractivity contribution in [1.82, 2.24) is 5.32 Å². The molecule has 0 spiro atoms. The second kappa shape index (κ2) is 3.49. The van der Waals surface area contributed by atoms with E-state index in [1.54, 1.807) is 7.05 Å². The molecule has 0 saturated carbocycles. The van der Waals surface area contributed by atoms with Gasteiger partial charge < -0.3 is 20.3 Å². The van der Waals surface area contributed by atoms with Crippen molar-refractivity contribution in [1.29, 1.82) is 0 Å². The maximum atomic E-state index is 9.32. The van der Waals surface area contributed by atoms with Crippen LogP contribution < -0.4 is 5.32 Å². The van der Waals surface area contributed by atoms with Crippen molar-refractivity contribution in [3.63, 3.8) is 0 Å². The lowest BCUT2D eigenvalue weighted by Crippen LogP contribution is -2.52. The van der Waals surface area contributed by atoms with Crippen LogP contribution in [0.1, 0.15) is 13.3 Å².